The smallest absolute Gasteiger partial charge is 0.266 e. The topological polar surface area (TPSA) is 101 Å². The van der Waals surface area contributed by atoms with Gasteiger partial charge in [-0.3, -0.25) is 15.0 Å². The zero-order valence-corrected chi connectivity index (χ0v) is 14.5. The van der Waals surface area contributed by atoms with Crippen LogP contribution in [0.3, 0.4) is 0 Å². The Morgan fingerprint density at radius 1 is 1.27 bits per heavy atom. The maximum atomic E-state index is 12.5. The molecular weight excluding hydrogens is 334 g/mol. The zero-order chi connectivity index (χ0) is 17.9. The predicted octanol–water partition coefficient (Wildman–Crippen LogP) is 0.655. The number of furan rings is 1. The van der Waals surface area contributed by atoms with Gasteiger partial charge in [-0.1, -0.05) is 12.8 Å². The van der Waals surface area contributed by atoms with Gasteiger partial charge >= 0.3 is 0 Å². The van der Waals surface area contributed by atoms with Crippen molar-refractivity contribution in [3.8, 4) is 11.5 Å². The summed E-state index contributed by atoms with van der Waals surface area (Å²) in [6.45, 7) is 0.663. The van der Waals surface area contributed by atoms with Gasteiger partial charge in [0.15, 0.2) is 5.76 Å². The number of hydrazine groups is 1. The van der Waals surface area contributed by atoms with Crippen LogP contribution < -0.4 is 21.7 Å². The number of hydrogen-bond donors (Lipinski definition) is 3. The van der Waals surface area contributed by atoms with Crippen LogP contribution in [-0.4, -0.2) is 34.3 Å². The molecule has 1 saturated heterocycles. The molecule has 0 aromatic carbocycles. The molecule has 2 aliphatic rings. The summed E-state index contributed by atoms with van der Waals surface area (Å²) < 4.78 is 6.66. The lowest BCUT2D eigenvalue weighted by Crippen LogP contribution is -2.46. The summed E-state index contributed by atoms with van der Waals surface area (Å²) in [5, 5.41) is 7.23. The summed E-state index contributed by atoms with van der Waals surface area (Å²) in [7, 11) is 0. The van der Waals surface area contributed by atoms with Crippen LogP contribution in [0.1, 0.15) is 25.7 Å². The van der Waals surface area contributed by atoms with E-state index in [1.807, 2.05) is 0 Å². The minimum Gasteiger partial charge on any atom is -0.463 e. The first-order valence-electron chi connectivity index (χ1n) is 9.13. The minimum atomic E-state index is -0.209. The van der Waals surface area contributed by atoms with Crippen molar-refractivity contribution in [3.63, 3.8) is 0 Å². The van der Waals surface area contributed by atoms with Crippen LogP contribution in [0.2, 0.25) is 0 Å². The van der Waals surface area contributed by atoms with Crippen LogP contribution in [0.15, 0.2) is 39.7 Å². The average molecular weight is 357 g/mol. The molecule has 3 atom stereocenters. The molecule has 8 nitrogen and oxygen atoms in total. The minimum absolute atomic E-state index is 0.0258. The van der Waals surface area contributed by atoms with Crippen LogP contribution >= 0.6 is 0 Å². The summed E-state index contributed by atoms with van der Waals surface area (Å²) in [4.78, 5) is 24.5. The van der Waals surface area contributed by atoms with E-state index in [0.29, 0.717) is 36.5 Å². The third-order valence-corrected chi connectivity index (χ3v) is 5.22. The molecule has 1 amide bonds. The van der Waals surface area contributed by atoms with E-state index in [0.717, 1.165) is 12.8 Å². The quantitative estimate of drug-likeness (QED) is 0.727. The molecule has 138 valence electrons. The molecule has 0 bridgehead atoms. The largest absolute Gasteiger partial charge is 0.463 e. The number of amides is 1. The number of rotatable bonds is 5. The first-order chi connectivity index (χ1) is 12.7. The molecule has 1 aliphatic carbocycles. The van der Waals surface area contributed by atoms with Crippen molar-refractivity contribution in [1.29, 1.82) is 0 Å². The molecule has 2 aromatic rings. The Balaban J connectivity index is 1.35. The summed E-state index contributed by atoms with van der Waals surface area (Å²) in [5.74, 6) is 0.918. The van der Waals surface area contributed by atoms with Crippen LogP contribution in [0.25, 0.3) is 11.5 Å². The normalized spacial score (nSPS) is 25.0. The molecule has 2 aromatic heterocycles. The standard InChI is InChI=1S/C18H23N5O3/c24-16-8-7-14(15-6-3-11-26-15)22-23(16)10-9-19-18(25)17-12-4-1-2-5-13(12)20-21-17/h3,6-8,11-13,17,20-21H,1-2,4-5,9-10H2,(H,19,25). The second kappa shape index (κ2) is 7.43. The molecule has 2 fully saturated rings. The van der Waals surface area contributed by atoms with Gasteiger partial charge < -0.3 is 9.73 Å². The highest BCUT2D eigenvalue weighted by Crippen LogP contribution is 2.30. The Morgan fingerprint density at radius 2 is 2.15 bits per heavy atom. The summed E-state index contributed by atoms with van der Waals surface area (Å²) in [6.07, 6.45) is 6.13. The fourth-order valence-electron chi connectivity index (χ4n) is 3.86. The van der Waals surface area contributed by atoms with Crippen LogP contribution in [0.5, 0.6) is 0 Å². The monoisotopic (exact) mass is 357 g/mol. The molecule has 4 rings (SSSR count). The second-order valence-electron chi connectivity index (χ2n) is 6.87. The van der Waals surface area contributed by atoms with Gasteiger partial charge in [0.05, 0.1) is 12.8 Å². The van der Waals surface area contributed by atoms with Gasteiger partial charge in [-0.25, -0.2) is 10.1 Å². The molecular formula is C18H23N5O3. The molecule has 8 heteroatoms. The number of aromatic nitrogens is 2. The van der Waals surface area contributed by atoms with Gasteiger partial charge in [-0.15, -0.1) is 0 Å². The van der Waals surface area contributed by atoms with Gasteiger partial charge in [0.25, 0.3) is 5.56 Å². The first kappa shape index (κ1) is 17.0. The summed E-state index contributed by atoms with van der Waals surface area (Å²) in [6, 6.07) is 6.83. The molecule has 0 spiro atoms. The van der Waals surface area contributed by atoms with E-state index in [-0.39, 0.29) is 17.5 Å². The lowest BCUT2D eigenvalue weighted by Gasteiger charge is -2.26. The third-order valence-electron chi connectivity index (χ3n) is 5.22. The van der Waals surface area contributed by atoms with Crippen LogP contribution in [0, 0.1) is 5.92 Å². The van der Waals surface area contributed by atoms with E-state index < -0.39 is 0 Å². The first-order valence-corrected chi connectivity index (χ1v) is 9.13. The molecule has 3 N–H and O–H groups in total. The molecule has 1 aliphatic heterocycles. The van der Waals surface area contributed by atoms with Gasteiger partial charge in [0.2, 0.25) is 5.91 Å². The molecule has 1 saturated carbocycles. The molecule has 0 radical (unpaired) electrons. The van der Waals surface area contributed by atoms with E-state index >= 15 is 0 Å². The van der Waals surface area contributed by atoms with E-state index in [1.54, 1.807) is 24.5 Å². The number of carbonyl (C=O) groups is 1. The average Bonchev–Trinajstić information content (AvgIpc) is 3.33. The van der Waals surface area contributed by atoms with E-state index in [9.17, 15) is 9.59 Å². The van der Waals surface area contributed by atoms with Gasteiger partial charge in [-0.05, 0) is 31.0 Å². The van der Waals surface area contributed by atoms with Crippen molar-refractivity contribution in [2.75, 3.05) is 6.54 Å². The lowest BCUT2D eigenvalue weighted by molar-refractivity contribution is -0.124. The SMILES string of the molecule is O=C(NCCn1nc(-c2ccco2)ccc1=O)C1NNC2CCCCC21. The Hall–Kier alpha value is -2.45. The maximum absolute atomic E-state index is 12.5. The summed E-state index contributed by atoms with van der Waals surface area (Å²) in [5.41, 5.74) is 6.75. The number of nitrogens with one attached hydrogen (secondary N) is 3. The van der Waals surface area contributed by atoms with Crippen molar-refractivity contribution >= 4 is 5.91 Å². The zero-order valence-electron chi connectivity index (χ0n) is 14.5. The van der Waals surface area contributed by atoms with Crippen LogP contribution in [0.4, 0.5) is 0 Å². The van der Waals surface area contributed by atoms with Crippen LogP contribution in [-0.2, 0) is 11.3 Å². The van der Waals surface area contributed by atoms with E-state index in [4.69, 9.17) is 4.42 Å². The van der Waals surface area contributed by atoms with Crippen molar-refractivity contribution in [2.24, 2.45) is 5.92 Å². The van der Waals surface area contributed by atoms with Crippen molar-refractivity contribution < 1.29 is 9.21 Å². The highest BCUT2D eigenvalue weighted by molar-refractivity contribution is 5.82. The fourth-order valence-corrected chi connectivity index (χ4v) is 3.86. The molecule has 26 heavy (non-hydrogen) atoms. The van der Waals surface area contributed by atoms with E-state index in [2.05, 4.69) is 21.3 Å². The van der Waals surface area contributed by atoms with Gasteiger partial charge in [0.1, 0.15) is 11.7 Å². The highest BCUT2D eigenvalue weighted by atomic mass is 16.3. The third kappa shape index (κ3) is 3.42. The number of hydrogen-bond acceptors (Lipinski definition) is 6. The predicted molar refractivity (Wildman–Crippen MR) is 95.0 cm³/mol. The van der Waals surface area contributed by atoms with Gasteiger partial charge in [0, 0.05) is 24.6 Å². The fraction of sp³-hybridized carbons (Fsp3) is 0.500. The molecule has 3 unspecified atom stereocenters. The Bertz CT molecular complexity index is 816. The highest BCUT2D eigenvalue weighted by Gasteiger charge is 2.40. The maximum Gasteiger partial charge on any atom is 0.266 e. The Labute approximate surface area is 150 Å². The Morgan fingerprint density at radius 3 is 3.00 bits per heavy atom. The number of carbonyl (C=O) groups excluding carboxylic acids is 1. The summed E-state index contributed by atoms with van der Waals surface area (Å²) >= 11 is 0. The Kier molecular flexibility index (Phi) is 4.85. The van der Waals surface area contributed by atoms with Crippen molar-refractivity contribution in [1.82, 2.24) is 25.9 Å². The second-order valence-corrected chi connectivity index (χ2v) is 6.87. The van der Waals surface area contributed by atoms with E-state index in [1.165, 1.54) is 23.6 Å². The van der Waals surface area contributed by atoms with Gasteiger partial charge in [-0.2, -0.15) is 5.10 Å². The lowest BCUT2D eigenvalue weighted by atomic mass is 9.81. The van der Waals surface area contributed by atoms with Crippen molar-refractivity contribution in [2.45, 2.75) is 44.3 Å². The van der Waals surface area contributed by atoms with Crippen molar-refractivity contribution in [3.05, 3.63) is 40.9 Å². The number of nitrogens with zero attached hydrogens (tertiary/aromatic N) is 2. The number of fused-ring (bicyclic) bond motifs is 1. The molecule has 3 heterocycles.